The molecule has 2 heterocycles. The van der Waals surface area contributed by atoms with Crippen LogP contribution in [0.2, 0.25) is 0 Å². The number of nitrogens with zero attached hydrogens (tertiary/aromatic N) is 2. The quantitative estimate of drug-likeness (QED) is 0.613. The van der Waals surface area contributed by atoms with Gasteiger partial charge in [-0.2, -0.15) is 0 Å². The second kappa shape index (κ2) is 9.30. The first-order valence-electron chi connectivity index (χ1n) is 10.4. The summed E-state index contributed by atoms with van der Waals surface area (Å²) >= 11 is 0. The monoisotopic (exact) mass is 383 g/mol. The maximum atomic E-state index is 12.2. The molecular formula is C21H29N5O2. The van der Waals surface area contributed by atoms with E-state index in [4.69, 9.17) is 4.42 Å². The van der Waals surface area contributed by atoms with Gasteiger partial charge >= 0.3 is 0 Å². The summed E-state index contributed by atoms with van der Waals surface area (Å²) in [6.07, 6.45) is 7.33. The molecule has 28 heavy (non-hydrogen) atoms. The van der Waals surface area contributed by atoms with Gasteiger partial charge in [-0.05, 0) is 37.2 Å². The van der Waals surface area contributed by atoms with Gasteiger partial charge in [0.1, 0.15) is 0 Å². The Balaban J connectivity index is 1.13. The summed E-state index contributed by atoms with van der Waals surface area (Å²) in [5.41, 5.74) is 7.98. The van der Waals surface area contributed by atoms with Crippen molar-refractivity contribution < 1.29 is 9.21 Å². The maximum absolute atomic E-state index is 12.2. The van der Waals surface area contributed by atoms with Gasteiger partial charge in [0, 0.05) is 37.9 Å². The molecule has 1 saturated carbocycles. The predicted molar refractivity (Wildman–Crippen MR) is 105 cm³/mol. The number of aromatic nitrogens is 2. The van der Waals surface area contributed by atoms with E-state index >= 15 is 0 Å². The molecule has 1 aromatic heterocycles. The van der Waals surface area contributed by atoms with Crippen LogP contribution in [0, 0.1) is 5.92 Å². The molecule has 0 bridgehead atoms. The van der Waals surface area contributed by atoms with Gasteiger partial charge in [-0.1, -0.05) is 36.8 Å². The van der Waals surface area contributed by atoms with Crippen LogP contribution >= 0.6 is 0 Å². The Labute approximate surface area is 165 Å². The van der Waals surface area contributed by atoms with Crippen LogP contribution in [0.3, 0.4) is 0 Å². The van der Waals surface area contributed by atoms with Gasteiger partial charge in [0.2, 0.25) is 17.7 Å². The fraction of sp³-hybridized carbons (Fsp3) is 0.571. The third kappa shape index (κ3) is 4.97. The van der Waals surface area contributed by atoms with Crippen molar-refractivity contribution in [2.24, 2.45) is 5.92 Å². The van der Waals surface area contributed by atoms with E-state index in [1.807, 2.05) is 6.07 Å². The van der Waals surface area contributed by atoms with Crippen LogP contribution in [-0.2, 0) is 24.1 Å². The molecule has 7 nitrogen and oxygen atoms in total. The van der Waals surface area contributed by atoms with Crippen molar-refractivity contribution in [1.82, 2.24) is 26.4 Å². The van der Waals surface area contributed by atoms with Crippen LogP contribution in [0.25, 0.3) is 0 Å². The number of fused-ring (bicyclic) bond motifs is 1. The second-order valence-corrected chi connectivity index (χ2v) is 7.83. The van der Waals surface area contributed by atoms with E-state index in [9.17, 15) is 4.79 Å². The van der Waals surface area contributed by atoms with Crippen molar-refractivity contribution in [1.29, 1.82) is 0 Å². The van der Waals surface area contributed by atoms with Gasteiger partial charge < -0.3 is 9.73 Å². The maximum Gasteiger partial charge on any atom is 0.220 e. The minimum absolute atomic E-state index is 0.0343. The first-order valence-corrected chi connectivity index (χ1v) is 10.4. The minimum atomic E-state index is 0.0343. The zero-order valence-corrected chi connectivity index (χ0v) is 16.2. The number of carbonyl (C=O) groups excluding carboxylic acids is 1. The molecule has 7 heteroatoms. The Morgan fingerprint density at radius 1 is 1.07 bits per heavy atom. The molecule has 1 aliphatic carbocycles. The lowest BCUT2D eigenvalue weighted by Crippen LogP contribution is -2.42. The Morgan fingerprint density at radius 2 is 1.89 bits per heavy atom. The molecule has 2 aliphatic rings. The number of hydrogen-bond donors (Lipinski definition) is 3. The van der Waals surface area contributed by atoms with Gasteiger partial charge in [0.25, 0.3) is 0 Å². The van der Waals surface area contributed by atoms with Crippen LogP contribution in [0.4, 0.5) is 0 Å². The smallest absolute Gasteiger partial charge is 0.220 e. The Morgan fingerprint density at radius 3 is 2.75 bits per heavy atom. The highest BCUT2D eigenvalue weighted by Crippen LogP contribution is 2.31. The molecule has 2 aromatic rings. The molecule has 1 aliphatic heterocycles. The highest BCUT2D eigenvalue weighted by Gasteiger charge is 2.38. The Hall–Kier alpha value is -2.25. The summed E-state index contributed by atoms with van der Waals surface area (Å²) in [7, 11) is 0. The molecular weight excluding hydrogens is 354 g/mol. The molecule has 3 unspecified atom stereocenters. The van der Waals surface area contributed by atoms with E-state index in [-0.39, 0.29) is 5.91 Å². The summed E-state index contributed by atoms with van der Waals surface area (Å²) in [5, 5.41) is 11.2. The van der Waals surface area contributed by atoms with Crippen LogP contribution in [0.5, 0.6) is 0 Å². The van der Waals surface area contributed by atoms with E-state index in [1.54, 1.807) is 0 Å². The largest absolute Gasteiger partial charge is 0.425 e. The molecule has 1 aromatic carbocycles. The third-order valence-electron chi connectivity index (χ3n) is 5.83. The topological polar surface area (TPSA) is 92.1 Å². The SMILES string of the molecule is O=C(CCc1nnc(CCCc2ccccc2)o1)NCC1NNC2CCCC21. The average Bonchev–Trinajstić information content (AvgIpc) is 3.43. The summed E-state index contributed by atoms with van der Waals surface area (Å²) < 4.78 is 5.68. The fourth-order valence-electron chi connectivity index (χ4n) is 4.28. The van der Waals surface area contributed by atoms with Gasteiger partial charge in [-0.3, -0.25) is 15.6 Å². The minimum Gasteiger partial charge on any atom is -0.425 e. The Kier molecular flexibility index (Phi) is 6.34. The first kappa shape index (κ1) is 19.1. The number of hydrogen-bond acceptors (Lipinski definition) is 6. The van der Waals surface area contributed by atoms with Crippen LogP contribution in [0.15, 0.2) is 34.7 Å². The van der Waals surface area contributed by atoms with E-state index in [0.717, 1.165) is 19.3 Å². The molecule has 1 saturated heterocycles. The van der Waals surface area contributed by atoms with Crippen LogP contribution in [-0.4, -0.2) is 34.7 Å². The standard InChI is InChI=1S/C21H29N5O2/c27-19(22-14-18-16-9-5-10-17(16)23-24-18)12-13-21-26-25-20(28-21)11-4-8-15-6-2-1-3-7-15/h1-3,6-7,16-18,23-24H,4-5,8-14H2,(H,22,27). The molecule has 150 valence electrons. The summed E-state index contributed by atoms with van der Waals surface area (Å²) in [6, 6.07) is 11.3. The number of carbonyl (C=O) groups is 1. The van der Waals surface area contributed by atoms with Gasteiger partial charge in [0.15, 0.2) is 0 Å². The zero-order chi connectivity index (χ0) is 19.2. The number of rotatable bonds is 9. The van der Waals surface area contributed by atoms with E-state index < -0.39 is 0 Å². The molecule has 1 amide bonds. The van der Waals surface area contributed by atoms with Gasteiger partial charge in [-0.25, -0.2) is 0 Å². The molecule has 0 spiro atoms. The van der Waals surface area contributed by atoms with Gasteiger partial charge in [-0.15, -0.1) is 10.2 Å². The predicted octanol–water partition coefficient (Wildman–Crippen LogP) is 1.94. The molecule has 0 radical (unpaired) electrons. The Bertz CT molecular complexity index is 763. The van der Waals surface area contributed by atoms with E-state index in [1.165, 1.54) is 24.8 Å². The van der Waals surface area contributed by atoms with Crippen molar-refractivity contribution >= 4 is 5.91 Å². The highest BCUT2D eigenvalue weighted by atomic mass is 16.4. The molecule has 3 N–H and O–H groups in total. The second-order valence-electron chi connectivity index (χ2n) is 7.83. The van der Waals surface area contributed by atoms with Crippen LogP contribution < -0.4 is 16.2 Å². The summed E-state index contributed by atoms with van der Waals surface area (Å²) in [5.74, 6) is 1.86. The van der Waals surface area contributed by atoms with Crippen molar-refractivity contribution in [2.75, 3.05) is 6.54 Å². The van der Waals surface area contributed by atoms with Crippen molar-refractivity contribution in [3.63, 3.8) is 0 Å². The number of benzene rings is 1. The normalized spacial score (nSPS) is 23.6. The third-order valence-corrected chi connectivity index (χ3v) is 5.83. The fourth-order valence-corrected chi connectivity index (χ4v) is 4.28. The average molecular weight is 383 g/mol. The number of amides is 1. The van der Waals surface area contributed by atoms with Crippen molar-refractivity contribution in [2.45, 2.75) is 63.5 Å². The highest BCUT2D eigenvalue weighted by molar-refractivity contribution is 5.76. The molecule has 4 rings (SSSR count). The number of hydrazine groups is 1. The van der Waals surface area contributed by atoms with Crippen molar-refractivity contribution in [3.05, 3.63) is 47.7 Å². The molecule has 3 atom stereocenters. The first-order chi connectivity index (χ1) is 13.8. The summed E-state index contributed by atoms with van der Waals surface area (Å²) in [6.45, 7) is 0.668. The molecule has 2 fully saturated rings. The lowest BCUT2D eigenvalue weighted by Gasteiger charge is -2.17. The lowest BCUT2D eigenvalue weighted by molar-refractivity contribution is -0.121. The lowest BCUT2D eigenvalue weighted by atomic mass is 9.97. The van der Waals surface area contributed by atoms with Crippen LogP contribution in [0.1, 0.15) is 49.4 Å². The number of nitrogens with one attached hydrogen (secondary N) is 3. The van der Waals surface area contributed by atoms with Crippen molar-refractivity contribution in [3.8, 4) is 0 Å². The number of aryl methyl sites for hydroxylation is 3. The van der Waals surface area contributed by atoms with E-state index in [2.05, 4.69) is 50.6 Å². The van der Waals surface area contributed by atoms with Gasteiger partial charge in [0.05, 0.1) is 0 Å². The van der Waals surface area contributed by atoms with E-state index in [0.29, 0.717) is 49.2 Å². The summed E-state index contributed by atoms with van der Waals surface area (Å²) in [4.78, 5) is 12.2. The zero-order valence-electron chi connectivity index (χ0n) is 16.2.